The molecule has 1 atom stereocenters. The van der Waals surface area contributed by atoms with Crippen molar-refractivity contribution < 1.29 is 9.52 Å². The van der Waals surface area contributed by atoms with E-state index < -0.39 is 0 Å². The van der Waals surface area contributed by atoms with Crippen molar-refractivity contribution in [3.05, 3.63) is 48.0 Å². The highest BCUT2D eigenvalue weighted by atomic mass is 16.4. The van der Waals surface area contributed by atoms with Gasteiger partial charge in [-0.2, -0.15) is 0 Å². The summed E-state index contributed by atoms with van der Waals surface area (Å²) in [5.74, 6) is 1.03. The third-order valence-electron chi connectivity index (χ3n) is 3.97. The molecule has 0 saturated carbocycles. The maximum atomic E-state index is 9.07. The van der Waals surface area contributed by atoms with Gasteiger partial charge in [0.2, 0.25) is 5.89 Å². The normalized spacial score (nSPS) is 12.1. The molecule has 0 amide bonds. The molecule has 0 aliphatic heterocycles. The lowest BCUT2D eigenvalue weighted by Crippen LogP contribution is -2.34. The Bertz CT molecular complexity index is 868. The van der Waals surface area contributed by atoms with E-state index in [1.165, 1.54) is 11.9 Å². The van der Waals surface area contributed by atoms with E-state index in [4.69, 9.17) is 9.52 Å². The molecule has 0 aromatic carbocycles. The van der Waals surface area contributed by atoms with Crippen LogP contribution >= 0.6 is 0 Å². The molecule has 3 aromatic heterocycles. The Morgan fingerprint density at radius 3 is 2.93 bits per heavy atom. The minimum Gasteiger partial charge on any atom is -0.418 e. The van der Waals surface area contributed by atoms with Gasteiger partial charge in [0.1, 0.15) is 18.8 Å². The molecule has 0 spiro atoms. The van der Waals surface area contributed by atoms with E-state index in [1.54, 1.807) is 6.20 Å². The van der Waals surface area contributed by atoms with Crippen LogP contribution in [0.4, 0.5) is 5.82 Å². The zero-order valence-corrected chi connectivity index (χ0v) is 15.4. The average molecular weight is 369 g/mol. The van der Waals surface area contributed by atoms with Crippen LogP contribution in [0.25, 0.3) is 11.5 Å². The fraction of sp³-hybridized carbons (Fsp3) is 0.389. The van der Waals surface area contributed by atoms with Gasteiger partial charge < -0.3 is 20.2 Å². The maximum Gasteiger partial charge on any atom is 0.253 e. The number of pyridine rings is 1. The van der Waals surface area contributed by atoms with Crippen LogP contribution in [0.1, 0.15) is 24.1 Å². The highest BCUT2D eigenvalue weighted by Gasteiger charge is 2.14. The second kappa shape index (κ2) is 9.15. The number of aryl methyl sites for hydroxylation is 1. The number of aliphatic hydroxyl groups is 1. The van der Waals surface area contributed by atoms with Crippen molar-refractivity contribution in [2.45, 2.75) is 32.9 Å². The standard InChI is InChI=1S/C18H23N7O2/c1-12-3-5-21-14(7-12)4-6-20-13(2)8-22-17-15(9-19-11-23-17)18-25-24-16(10-26)27-18/h3,5,7,9,11,13,20,26H,4,6,8,10H2,1-2H3,(H,19,22,23). The molecule has 0 radical (unpaired) electrons. The minimum atomic E-state index is -0.305. The molecule has 3 aromatic rings. The molecule has 1 unspecified atom stereocenters. The third kappa shape index (κ3) is 5.28. The summed E-state index contributed by atoms with van der Waals surface area (Å²) in [5.41, 5.74) is 2.90. The Labute approximate surface area is 157 Å². The molecule has 3 N–H and O–H groups in total. The Balaban J connectivity index is 1.52. The van der Waals surface area contributed by atoms with Crippen LogP contribution in [0, 0.1) is 6.92 Å². The van der Waals surface area contributed by atoms with Crippen molar-refractivity contribution in [2.24, 2.45) is 0 Å². The van der Waals surface area contributed by atoms with Gasteiger partial charge in [-0.15, -0.1) is 10.2 Å². The van der Waals surface area contributed by atoms with Gasteiger partial charge >= 0.3 is 0 Å². The van der Waals surface area contributed by atoms with E-state index >= 15 is 0 Å². The molecule has 0 fully saturated rings. The second-order valence-electron chi connectivity index (χ2n) is 6.25. The SMILES string of the molecule is Cc1ccnc(CCNC(C)CNc2ncncc2-c2nnc(CO)o2)c1. The lowest BCUT2D eigenvalue weighted by atomic mass is 10.2. The van der Waals surface area contributed by atoms with E-state index in [0.29, 0.717) is 17.9 Å². The van der Waals surface area contributed by atoms with Crippen molar-refractivity contribution in [1.82, 2.24) is 30.5 Å². The number of hydrogen-bond donors (Lipinski definition) is 3. The van der Waals surface area contributed by atoms with Crippen LogP contribution in [0.5, 0.6) is 0 Å². The second-order valence-corrected chi connectivity index (χ2v) is 6.25. The molecular weight excluding hydrogens is 346 g/mol. The summed E-state index contributed by atoms with van der Waals surface area (Å²) in [6.45, 7) is 5.34. The third-order valence-corrected chi connectivity index (χ3v) is 3.97. The van der Waals surface area contributed by atoms with E-state index in [-0.39, 0.29) is 24.4 Å². The van der Waals surface area contributed by atoms with Crippen LogP contribution in [-0.4, -0.2) is 49.4 Å². The molecule has 0 bridgehead atoms. The summed E-state index contributed by atoms with van der Waals surface area (Å²) in [6, 6.07) is 4.31. The molecule has 0 saturated heterocycles. The summed E-state index contributed by atoms with van der Waals surface area (Å²) in [6.07, 6.45) is 5.77. The Morgan fingerprint density at radius 1 is 1.26 bits per heavy atom. The number of anilines is 1. The van der Waals surface area contributed by atoms with Crippen molar-refractivity contribution in [1.29, 1.82) is 0 Å². The van der Waals surface area contributed by atoms with Crippen LogP contribution in [0.2, 0.25) is 0 Å². The Kier molecular flexibility index (Phi) is 6.39. The van der Waals surface area contributed by atoms with Gasteiger partial charge in [-0.05, 0) is 31.5 Å². The fourth-order valence-electron chi connectivity index (χ4n) is 2.56. The first kappa shape index (κ1) is 18.9. The number of aromatic nitrogens is 5. The van der Waals surface area contributed by atoms with Crippen LogP contribution in [-0.2, 0) is 13.0 Å². The molecule has 0 aliphatic carbocycles. The quantitative estimate of drug-likeness (QED) is 0.513. The lowest BCUT2D eigenvalue weighted by Gasteiger charge is -2.15. The van der Waals surface area contributed by atoms with Gasteiger partial charge in [0.05, 0.1) is 5.56 Å². The predicted octanol–water partition coefficient (Wildman–Crippen LogP) is 1.36. The first-order chi connectivity index (χ1) is 13.2. The molecule has 0 aliphatic rings. The van der Waals surface area contributed by atoms with Gasteiger partial charge in [0.25, 0.3) is 5.89 Å². The van der Waals surface area contributed by atoms with E-state index in [9.17, 15) is 0 Å². The van der Waals surface area contributed by atoms with Crippen molar-refractivity contribution in [2.75, 3.05) is 18.4 Å². The van der Waals surface area contributed by atoms with Crippen LogP contribution < -0.4 is 10.6 Å². The van der Waals surface area contributed by atoms with E-state index in [0.717, 1.165) is 18.7 Å². The molecule has 3 heterocycles. The summed E-state index contributed by atoms with van der Waals surface area (Å²) in [5, 5.41) is 23.5. The zero-order valence-electron chi connectivity index (χ0n) is 15.4. The Hall–Kier alpha value is -2.91. The highest BCUT2D eigenvalue weighted by molar-refractivity contribution is 5.67. The number of nitrogens with zero attached hydrogens (tertiary/aromatic N) is 5. The lowest BCUT2D eigenvalue weighted by molar-refractivity contribution is 0.241. The van der Waals surface area contributed by atoms with E-state index in [1.807, 2.05) is 12.3 Å². The summed E-state index contributed by atoms with van der Waals surface area (Å²) in [4.78, 5) is 12.6. The molecule has 3 rings (SSSR count). The summed E-state index contributed by atoms with van der Waals surface area (Å²) < 4.78 is 5.38. The average Bonchev–Trinajstić information content (AvgIpc) is 3.16. The Morgan fingerprint density at radius 2 is 2.15 bits per heavy atom. The molecule has 9 nitrogen and oxygen atoms in total. The summed E-state index contributed by atoms with van der Waals surface area (Å²) in [7, 11) is 0. The zero-order chi connectivity index (χ0) is 19.1. The maximum absolute atomic E-state index is 9.07. The topological polar surface area (TPSA) is 122 Å². The number of nitrogens with one attached hydrogen (secondary N) is 2. The molecular formula is C18H23N7O2. The van der Waals surface area contributed by atoms with Gasteiger partial charge in [0.15, 0.2) is 0 Å². The van der Waals surface area contributed by atoms with Crippen LogP contribution in [0.3, 0.4) is 0 Å². The fourth-order valence-corrected chi connectivity index (χ4v) is 2.56. The number of aliphatic hydroxyl groups excluding tert-OH is 1. The predicted molar refractivity (Wildman–Crippen MR) is 99.9 cm³/mol. The minimum absolute atomic E-state index is 0.152. The summed E-state index contributed by atoms with van der Waals surface area (Å²) >= 11 is 0. The van der Waals surface area contributed by atoms with Gasteiger partial charge in [-0.3, -0.25) is 4.98 Å². The van der Waals surface area contributed by atoms with Crippen molar-refractivity contribution in [3.8, 4) is 11.5 Å². The van der Waals surface area contributed by atoms with Crippen molar-refractivity contribution >= 4 is 5.82 Å². The van der Waals surface area contributed by atoms with Gasteiger partial charge in [-0.1, -0.05) is 0 Å². The number of rotatable bonds is 9. The van der Waals surface area contributed by atoms with Crippen LogP contribution in [0.15, 0.2) is 35.3 Å². The first-order valence-electron chi connectivity index (χ1n) is 8.78. The first-order valence-corrected chi connectivity index (χ1v) is 8.78. The monoisotopic (exact) mass is 369 g/mol. The van der Waals surface area contributed by atoms with Crippen molar-refractivity contribution in [3.63, 3.8) is 0 Å². The smallest absolute Gasteiger partial charge is 0.253 e. The van der Waals surface area contributed by atoms with Gasteiger partial charge in [-0.25, -0.2) is 9.97 Å². The largest absolute Gasteiger partial charge is 0.418 e. The molecule has 27 heavy (non-hydrogen) atoms. The van der Waals surface area contributed by atoms with E-state index in [2.05, 4.69) is 55.7 Å². The molecule has 142 valence electrons. The van der Waals surface area contributed by atoms with Gasteiger partial charge in [0, 0.05) is 43.6 Å². The highest BCUT2D eigenvalue weighted by Crippen LogP contribution is 2.23. The molecule has 9 heteroatoms. The number of hydrogen-bond acceptors (Lipinski definition) is 9.